The van der Waals surface area contributed by atoms with Gasteiger partial charge in [0.15, 0.2) is 0 Å². The van der Waals surface area contributed by atoms with Gasteiger partial charge < -0.3 is 9.80 Å². The van der Waals surface area contributed by atoms with E-state index in [-0.39, 0.29) is 23.9 Å². The van der Waals surface area contributed by atoms with Crippen molar-refractivity contribution in [2.24, 2.45) is 0 Å². The second-order valence-corrected chi connectivity index (χ2v) is 8.57. The molecule has 0 N–H and O–H groups in total. The van der Waals surface area contributed by atoms with Gasteiger partial charge >= 0.3 is 0 Å². The maximum atomic E-state index is 13.2. The molecule has 1 aromatic rings. The molecule has 2 saturated heterocycles. The van der Waals surface area contributed by atoms with Gasteiger partial charge in [0.1, 0.15) is 0 Å². The van der Waals surface area contributed by atoms with Crippen molar-refractivity contribution in [2.45, 2.75) is 51.6 Å². The molecule has 0 aromatic heterocycles. The van der Waals surface area contributed by atoms with Crippen molar-refractivity contribution in [2.75, 3.05) is 32.7 Å². The molecule has 1 aromatic carbocycles. The molecule has 2 atom stereocenters. The van der Waals surface area contributed by atoms with Gasteiger partial charge in [0.2, 0.25) is 11.8 Å². The Morgan fingerprint density at radius 2 is 1.79 bits per heavy atom. The molecule has 0 radical (unpaired) electrons. The van der Waals surface area contributed by atoms with E-state index in [0.29, 0.717) is 42.5 Å². The van der Waals surface area contributed by atoms with Crippen molar-refractivity contribution in [1.29, 1.82) is 0 Å². The molecule has 2 aliphatic rings. The number of likely N-dealkylation sites (tertiary alicyclic amines) is 1. The zero-order valence-corrected chi connectivity index (χ0v) is 18.2. The summed E-state index contributed by atoms with van der Waals surface area (Å²) in [5.74, 6) is 0.244. The van der Waals surface area contributed by atoms with Gasteiger partial charge in [-0.2, -0.15) is 0 Å². The number of nitrogens with zero attached hydrogens (tertiary/aromatic N) is 3. The standard InChI is InChI=1S/C21H29Cl2N3O2/c1-3-20(27)25-10-11-26(19(14-25)15(2)24-8-4-5-9-24)21(28)13-16-6-7-17(22)18(23)12-16/h6-7,12,15,19H,3-5,8-11,13-14H2,1-2H3/t15-,19?/m1/s1. The van der Waals surface area contributed by atoms with Crippen LogP contribution >= 0.6 is 23.2 Å². The van der Waals surface area contributed by atoms with Crippen LogP contribution in [0.25, 0.3) is 0 Å². The summed E-state index contributed by atoms with van der Waals surface area (Å²) in [6.07, 6.45) is 3.20. The van der Waals surface area contributed by atoms with Gasteiger partial charge in [-0.15, -0.1) is 0 Å². The number of carbonyl (C=O) groups is 2. The Morgan fingerprint density at radius 1 is 1.07 bits per heavy atom. The van der Waals surface area contributed by atoms with Crippen LogP contribution in [0, 0.1) is 0 Å². The Labute approximate surface area is 177 Å². The van der Waals surface area contributed by atoms with Crippen molar-refractivity contribution in [3.63, 3.8) is 0 Å². The first kappa shape index (κ1) is 21.4. The van der Waals surface area contributed by atoms with Gasteiger partial charge in [-0.3, -0.25) is 14.5 Å². The first-order valence-electron chi connectivity index (χ1n) is 10.2. The van der Waals surface area contributed by atoms with Crippen molar-refractivity contribution in [1.82, 2.24) is 14.7 Å². The first-order valence-corrected chi connectivity index (χ1v) is 10.9. The van der Waals surface area contributed by atoms with E-state index in [2.05, 4.69) is 11.8 Å². The predicted molar refractivity (Wildman–Crippen MR) is 113 cm³/mol. The van der Waals surface area contributed by atoms with Crippen LogP contribution in [0.4, 0.5) is 0 Å². The second kappa shape index (κ2) is 9.47. The monoisotopic (exact) mass is 425 g/mol. The van der Waals surface area contributed by atoms with Crippen LogP contribution in [0.5, 0.6) is 0 Å². The van der Waals surface area contributed by atoms with Gasteiger partial charge in [-0.05, 0) is 50.6 Å². The van der Waals surface area contributed by atoms with Crippen LogP contribution in [-0.2, 0) is 16.0 Å². The molecule has 0 bridgehead atoms. The highest BCUT2D eigenvalue weighted by Crippen LogP contribution is 2.25. The van der Waals surface area contributed by atoms with Crippen molar-refractivity contribution >= 4 is 35.0 Å². The quantitative estimate of drug-likeness (QED) is 0.725. The second-order valence-electron chi connectivity index (χ2n) is 7.76. The van der Waals surface area contributed by atoms with E-state index in [1.165, 1.54) is 12.8 Å². The molecule has 5 nitrogen and oxygen atoms in total. The molecule has 2 fully saturated rings. The number of piperazine rings is 1. The molecule has 2 heterocycles. The summed E-state index contributed by atoms with van der Waals surface area (Å²) in [5, 5.41) is 0.956. The molecule has 1 unspecified atom stereocenters. The zero-order chi connectivity index (χ0) is 20.3. The third kappa shape index (κ3) is 4.81. The summed E-state index contributed by atoms with van der Waals surface area (Å²) in [4.78, 5) is 31.8. The Balaban J connectivity index is 1.76. The molecular weight excluding hydrogens is 397 g/mol. The Kier molecular flexibility index (Phi) is 7.24. The van der Waals surface area contributed by atoms with Crippen LogP contribution < -0.4 is 0 Å². The fourth-order valence-corrected chi connectivity index (χ4v) is 4.62. The highest BCUT2D eigenvalue weighted by atomic mass is 35.5. The summed E-state index contributed by atoms with van der Waals surface area (Å²) in [6.45, 7) is 8.00. The fraction of sp³-hybridized carbons (Fsp3) is 0.619. The average molecular weight is 426 g/mol. The van der Waals surface area contributed by atoms with Crippen molar-refractivity contribution in [3.8, 4) is 0 Å². The van der Waals surface area contributed by atoms with Gasteiger partial charge in [0, 0.05) is 32.1 Å². The molecule has 3 rings (SSSR count). The first-order chi connectivity index (χ1) is 13.4. The van der Waals surface area contributed by atoms with Crippen LogP contribution in [0.2, 0.25) is 10.0 Å². The lowest BCUT2D eigenvalue weighted by Crippen LogP contribution is -2.62. The Bertz CT molecular complexity index is 722. The fourth-order valence-electron chi connectivity index (χ4n) is 4.30. The summed E-state index contributed by atoms with van der Waals surface area (Å²) < 4.78 is 0. The smallest absolute Gasteiger partial charge is 0.227 e. The molecule has 2 aliphatic heterocycles. The lowest BCUT2D eigenvalue weighted by atomic mass is 10.0. The van der Waals surface area contributed by atoms with E-state index in [9.17, 15) is 9.59 Å². The molecule has 2 amide bonds. The predicted octanol–water partition coefficient (Wildman–Crippen LogP) is 3.47. The number of hydrogen-bond donors (Lipinski definition) is 0. The molecule has 7 heteroatoms. The third-order valence-electron chi connectivity index (χ3n) is 6.01. The van der Waals surface area contributed by atoms with E-state index in [1.54, 1.807) is 12.1 Å². The Morgan fingerprint density at radius 3 is 2.43 bits per heavy atom. The van der Waals surface area contributed by atoms with Gasteiger partial charge in [0.05, 0.1) is 22.5 Å². The van der Waals surface area contributed by atoms with Gasteiger partial charge in [-0.1, -0.05) is 36.2 Å². The van der Waals surface area contributed by atoms with Crippen LogP contribution in [0.1, 0.15) is 38.7 Å². The minimum atomic E-state index is 0.0117. The lowest BCUT2D eigenvalue weighted by molar-refractivity contribution is -0.144. The van der Waals surface area contributed by atoms with Crippen molar-refractivity contribution in [3.05, 3.63) is 33.8 Å². The van der Waals surface area contributed by atoms with Gasteiger partial charge in [-0.25, -0.2) is 0 Å². The summed E-state index contributed by atoms with van der Waals surface area (Å²) in [5.41, 5.74) is 0.860. The lowest BCUT2D eigenvalue weighted by Gasteiger charge is -2.46. The minimum absolute atomic E-state index is 0.0117. The normalized spacial score (nSPS) is 21.8. The van der Waals surface area contributed by atoms with E-state index in [0.717, 1.165) is 18.7 Å². The third-order valence-corrected chi connectivity index (χ3v) is 6.75. The SMILES string of the molecule is CCC(=O)N1CCN(C(=O)Cc2ccc(Cl)c(Cl)c2)C([C@@H](C)N2CCCC2)C1. The molecule has 154 valence electrons. The van der Waals surface area contributed by atoms with Gasteiger partial charge in [0.25, 0.3) is 0 Å². The highest BCUT2D eigenvalue weighted by molar-refractivity contribution is 6.42. The highest BCUT2D eigenvalue weighted by Gasteiger charge is 2.37. The van der Waals surface area contributed by atoms with E-state index < -0.39 is 0 Å². The number of rotatable bonds is 5. The summed E-state index contributed by atoms with van der Waals surface area (Å²) in [6, 6.07) is 5.58. The van der Waals surface area contributed by atoms with E-state index in [1.807, 2.05) is 22.8 Å². The maximum Gasteiger partial charge on any atom is 0.227 e. The van der Waals surface area contributed by atoms with Crippen molar-refractivity contribution < 1.29 is 9.59 Å². The average Bonchev–Trinajstić information content (AvgIpc) is 3.24. The molecule has 0 aliphatic carbocycles. The number of carbonyl (C=O) groups excluding carboxylic acids is 2. The largest absolute Gasteiger partial charge is 0.339 e. The maximum absolute atomic E-state index is 13.2. The number of amides is 2. The zero-order valence-electron chi connectivity index (χ0n) is 16.7. The number of hydrogen-bond acceptors (Lipinski definition) is 3. The van der Waals surface area contributed by atoms with E-state index >= 15 is 0 Å². The topological polar surface area (TPSA) is 43.9 Å². The summed E-state index contributed by atoms with van der Waals surface area (Å²) >= 11 is 12.1. The number of halogens is 2. The molecular formula is C21H29Cl2N3O2. The molecule has 0 saturated carbocycles. The minimum Gasteiger partial charge on any atom is -0.339 e. The number of benzene rings is 1. The van der Waals surface area contributed by atoms with E-state index in [4.69, 9.17) is 23.2 Å². The van der Waals surface area contributed by atoms with Crippen LogP contribution in [-0.4, -0.2) is 71.3 Å². The molecule has 28 heavy (non-hydrogen) atoms. The Hall–Kier alpha value is -1.30. The van der Waals surface area contributed by atoms with Crippen LogP contribution in [0.3, 0.4) is 0 Å². The summed E-state index contributed by atoms with van der Waals surface area (Å²) in [7, 11) is 0. The molecule has 0 spiro atoms. The van der Waals surface area contributed by atoms with Crippen LogP contribution in [0.15, 0.2) is 18.2 Å².